The molecular formula is C15H21N5S. The third-order valence-corrected chi connectivity index (χ3v) is 4.83. The van der Waals surface area contributed by atoms with Crippen LogP contribution >= 0.6 is 11.3 Å². The average molecular weight is 303 g/mol. The molecule has 6 heteroatoms. The van der Waals surface area contributed by atoms with Crippen LogP contribution in [0.5, 0.6) is 0 Å². The van der Waals surface area contributed by atoms with Gasteiger partial charge in [-0.2, -0.15) is 10.5 Å². The van der Waals surface area contributed by atoms with Gasteiger partial charge in [0.2, 0.25) is 0 Å². The number of aromatic nitrogens is 1. The predicted molar refractivity (Wildman–Crippen MR) is 84.0 cm³/mol. The second kappa shape index (κ2) is 7.40. The highest BCUT2D eigenvalue weighted by molar-refractivity contribution is 7.13. The molecule has 0 aliphatic carbocycles. The maximum Gasteiger partial charge on any atom is 0.185 e. The topological polar surface area (TPSA) is 67.0 Å². The van der Waals surface area contributed by atoms with Gasteiger partial charge < -0.3 is 4.90 Å². The molecular weight excluding hydrogens is 282 g/mol. The van der Waals surface area contributed by atoms with E-state index in [-0.39, 0.29) is 5.92 Å². The highest BCUT2D eigenvalue weighted by Gasteiger charge is 2.26. The van der Waals surface area contributed by atoms with Crippen molar-refractivity contribution in [3.63, 3.8) is 0 Å². The number of nitriles is 2. The fourth-order valence-corrected chi connectivity index (χ4v) is 3.64. The van der Waals surface area contributed by atoms with Crippen molar-refractivity contribution in [3.05, 3.63) is 11.1 Å². The van der Waals surface area contributed by atoms with Crippen molar-refractivity contribution in [1.82, 2.24) is 9.88 Å². The molecule has 0 spiro atoms. The van der Waals surface area contributed by atoms with Crippen LogP contribution in [0.4, 0.5) is 5.13 Å². The van der Waals surface area contributed by atoms with E-state index < -0.39 is 0 Å². The number of anilines is 1. The van der Waals surface area contributed by atoms with Gasteiger partial charge in [-0.25, -0.2) is 4.98 Å². The molecule has 2 rings (SSSR count). The Kier molecular flexibility index (Phi) is 5.55. The molecule has 1 fully saturated rings. The Hall–Kier alpha value is -1.63. The van der Waals surface area contributed by atoms with E-state index in [0.717, 1.165) is 37.0 Å². The van der Waals surface area contributed by atoms with E-state index in [0.29, 0.717) is 18.9 Å². The number of hydrogen-bond donors (Lipinski definition) is 0. The number of aryl methyl sites for hydroxylation is 1. The van der Waals surface area contributed by atoms with Crippen molar-refractivity contribution in [2.24, 2.45) is 5.92 Å². The Morgan fingerprint density at radius 2 is 2.29 bits per heavy atom. The second-order valence-electron chi connectivity index (χ2n) is 5.60. The SMILES string of the molecule is Cc1csc(N2CCN(C[C@@H](C#N)CCC#N)C[C@@H]2C)n1. The zero-order valence-corrected chi connectivity index (χ0v) is 13.4. The zero-order chi connectivity index (χ0) is 15.2. The van der Waals surface area contributed by atoms with Gasteiger partial charge in [0.15, 0.2) is 5.13 Å². The molecule has 1 aromatic heterocycles. The Labute approximate surface area is 130 Å². The van der Waals surface area contributed by atoms with Gasteiger partial charge in [-0.05, 0) is 20.3 Å². The molecule has 0 unspecified atom stereocenters. The molecule has 2 heterocycles. The van der Waals surface area contributed by atoms with Crippen molar-refractivity contribution >= 4 is 16.5 Å². The number of nitrogens with zero attached hydrogens (tertiary/aromatic N) is 5. The zero-order valence-electron chi connectivity index (χ0n) is 12.6. The van der Waals surface area contributed by atoms with Gasteiger partial charge in [-0.15, -0.1) is 11.3 Å². The van der Waals surface area contributed by atoms with Crippen LogP contribution in [0, 0.1) is 35.5 Å². The van der Waals surface area contributed by atoms with Crippen LogP contribution in [0.2, 0.25) is 0 Å². The number of piperazine rings is 1. The molecule has 0 amide bonds. The average Bonchev–Trinajstić information content (AvgIpc) is 2.90. The largest absolute Gasteiger partial charge is 0.343 e. The van der Waals surface area contributed by atoms with Crippen LogP contribution in [0.3, 0.4) is 0 Å². The van der Waals surface area contributed by atoms with Crippen LogP contribution in [0.25, 0.3) is 0 Å². The molecule has 0 aromatic carbocycles. The molecule has 0 N–H and O–H groups in total. The molecule has 5 nitrogen and oxygen atoms in total. The van der Waals surface area contributed by atoms with Crippen LogP contribution in [-0.4, -0.2) is 42.1 Å². The lowest BCUT2D eigenvalue weighted by Gasteiger charge is -2.40. The molecule has 1 saturated heterocycles. The minimum Gasteiger partial charge on any atom is -0.343 e. The van der Waals surface area contributed by atoms with E-state index in [1.54, 1.807) is 11.3 Å². The van der Waals surface area contributed by atoms with E-state index in [4.69, 9.17) is 5.26 Å². The third kappa shape index (κ3) is 4.17. The molecule has 112 valence electrons. The minimum absolute atomic E-state index is 0.0366. The monoisotopic (exact) mass is 303 g/mol. The fraction of sp³-hybridized carbons (Fsp3) is 0.667. The van der Waals surface area contributed by atoms with E-state index in [1.807, 2.05) is 6.92 Å². The van der Waals surface area contributed by atoms with E-state index in [1.165, 1.54) is 0 Å². The van der Waals surface area contributed by atoms with Crippen LogP contribution in [-0.2, 0) is 0 Å². The predicted octanol–water partition coefficient (Wildman–Crippen LogP) is 2.41. The van der Waals surface area contributed by atoms with E-state index in [2.05, 4.69) is 39.2 Å². The van der Waals surface area contributed by atoms with Gasteiger partial charge in [-0.1, -0.05) is 0 Å². The van der Waals surface area contributed by atoms with Crippen molar-refractivity contribution in [2.75, 3.05) is 31.1 Å². The van der Waals surface area contributed by atoms with Crippen molar-refractivity contribution in [3.8, 4) is 12.1 Å². The fourth-order valence-electron chi connectivity index (χ4n) is 2.70. The lowest BCUT2D eigenvalue weighted by atomic mass is 10.0. The Balaban J connectivity index is 1.89. The summed E-state index contributed by atoms with van der Waals surface area (Å²) in [6, 6.07) is 4.86. The normalized spacial score (nSPS) is 20.8. The smallest absolute Gasteiger partial charge is 0.185 e. The first-order valence-electron chi connectivity index (χ1n) is 7.31. The summed E-state index contributed by atoms with van der Waals surface area (Å²) in [7, 11) is 0. The Bertz CT molecular complexity index is 541. The highest BCUT2D eigenvalue weighted by Crippen LogP contribution is 2.25. The van der Waals surface area contributed by atoms with Gasteiger partial charge in [-0.3, -0.25) is 4.90 Å². The summed E-state index contributed by atoms with van der Waals surface area (Å²) in [6.07, 6.45) is 1.14. The summed E-state index contributed by atoms with van der Waals surface area (Å²) in [6.45, 7) is 7.85. The van der Waals surface area contributed by atoms with Gasteiger partial charge in [0.05, 0.1) is 23.8 Å². The first-order valence-corrected chi connectivity index (χ1v) is 8.19. The molecule has 0 saturated carbocycles. The van der Waals surface area contributed by atoms with Crippen molar-refractivity contribution in [1.29, 1.82) is 10.5 Å². The highest BCUT2D eigenvalue weighted by atomic mass is 32.1. The number of rotatable bonds is 5. The van der Waals surface area contributed by atoms with Crippen LogP contribution < -0.4 is 4.90 Å². The van der Waals surface area contributed by atoms with Gasteiger partial charge in [0, 0.05) is 44.0 Å². The summed E-state index contributed by atoms with van der Waals surface area (Å²) in [4.78, 5) is 9.26. The van der Waals surface area contributed by atoms with E-state index in [9.17, 15) is 5.26 Å². The third-order valence-electron chi connectivity index (χ3n) is 3.83. The molecule has 0 radical (unpaired) electrons. The van der Waals surface area contributed by atoms with E-state index >= 15 is 0 Å². The maximum absolute atomic E-state index is 9.18. The van der Waals surface area contributed by atoms with Crippen molar-refractivity contribution in [2.45, 2.75) is 32.7 Å². The van der Waals surface area contributed by atoms with Gasteiger partial charge in [0.25, 0.3) is 0 Å². The van der Waals surface area contributed by atoms with Gasteiger partial charge in [0.1, 0.15) is 0 Å². The molecule has 2 atom stereocenters. The first-order chi connectivity index (χ1) is 10.1. The Morgan fingerprint density at radius 3 is 2.86 bits per heavy atom. The maximum atomic E-state index is 9.18. The second-order valence-corrected chi connectivity index (χ2v) is 6.43. The van der Waals surface area contributed by atoms with Crippen LogP contribution in [0.1, 0.15) is 25.5 Å². The molecule has 1 aromatic rings. The Morgan fingerprint density at radius 1 is 1.48 bits per heavy atom. The van der Waals surface area contributed by atoms with Crippen molar-refractivity contribution < 1.29 is 0 Å². The molecule has 21 heavy (non-hydrogen) atoms. The lowest BCUT2D eigenvalue weighted by Crippen LogP contribution is -2.52. The van der Waals surface area contributed by atoms with Gasteiger partial charge >= 0.3 is 0 Å². The minimum atomic E-state index is -0.0366. The number of thiazole rings is 1. The lowest BCUT2D eigenvalue weighted by molar-refractivity contribution is 0.208. The summed E-state index contributed by atoms with van der Waals surface area (Å²) in [5.41, 5.74) is 1.07. The molecule has 0 bridgehead atoms. The summed E-state index contributed by atoms with van der Waals surface area (Å²) in [5.74, 6) is -0.0366. The summed E-state index contributed by atoms with van der Waals surface area (Å²) >= 11 is 1.70. The first kappa shape index (κ1) is 15.8. The quantitative estimate of drug-likeness (QED) is 0.835. The summed E-state index contributed by atoms with van der Waals surface area (Å²) in [5, 5.41) is 21.0. The number of hydrogen-bond acceptors (Lipinski definition) is 6. The van der Waals surface area contributed by atoms with Crippen LogP contribution in [0.15, 0.2) is 5.38 Å². The summed E-state index contributed by atoms with van der Waals surface area (Å²) < 4.78 is 0. The molecule has 1 aliphatic rings. The molecule has 1 aliphatic heterocycles. The standard InChI is InChI=1S/C15H21N5S/c1-12-11-21-15(18-12)20-7-6-19(9-13(20)2)10-14(8-17)4-3-5-16/h11,13-14H,3-4,6-7,9-10H2,1-2H3/t13-,14+/m0/s1.